The Bertz CT molecular complexity index is 768. The zero-order chi connectivity index (χ0) is 19.1. The smallest absolute Gasteiger partial charge is 0.193 e. The Labute approximate surface area is 155 Å². The van der Waals surface area contributed by atoms with E-state index in [0.717, 1.165) is 29.2 Å². The van der Waals surface area contributed by atoms with E-state index in [4.69, 9.17) is 15.2 Å². The highest BCUT2D eigenvalue weighted by molar-refractivity contribution is 5.94. The molecule has 0 spiro atoms. The summed E-state index contributed by atoms with van der Waals surface area (Å²) in [6, 6.07) is 5.61. The number of aromatic nitrogens is 2. The lowest BCUT2D eigenvalue weighted by molar-refractivity contribution is 0.332. The fourth-order valence-corrected chi connectivity index (χ4v) is 2.79. The molecule has 0 aliphatic heterocycles. The maximum absolute atomic E-state index is 6.06. The standard InChI is InChI=1S/C19H29N5O2/c1-6-25-15-8-9-18(26-7-2)17(12-15)22-19(20)21-11-10-16-13(3)23-24(5)14(16)4/h8-9,12H,6-7,10-11H2,1-5H3,(H3,20,21,22). The molecule has 7 nitrogen and oxygen atoms in total. The predicted molar refractivity (Wildman–Crippen MR) is 105 cm³/mol. The van der Waals surface area contributed by atoms with Gasteiger partial charge in [-0.2, -0.15) is 5.10 Å². The van der Waals surface area contributed by atoms with E-state index in [-0.39, 0.29) is 0 Å². The summed E-state index contributed by atoms with van der Waals surface area (Å²) < 4.78 is 13.1. The first kappa shape index (κ1) is 19.6. The molecule has 0 fully saturated rings. The van der Waals surface area contributed by atoms with Gasteiger partial charge in [-0.1, -0.05) is 0 Å². The maximum Gasteiger partial charge on any atom is 0.193 e. The molecule has 0 aliphatic carbocycles. The summed E-state index contributed by atoms with van der Waals surface area (Å²) in [7, 11) is 1.95. The summed E-state index contributed by atoms with van der Waals surface area (Å²) in [5.41, 5.74) is 10.2. The summed E-state index contributed by atoms with van der Waals surface area (Å²) in [5.74, 6) is 1.82. The zero-order valence-corrected chi connectivity index (χ0v) is 16.3. The molecule has 7 heteroatoms. The fourth-order valence-electron chi connectivity index (χ4n) is 2.79. The van der Waals surface area contributed by atoms with Gasteiger partial charge in [0.2, 0.25) is 0 Å². The van der Waals surface area contributed by atoms with Gasteiger partial charge in [0.05, 0.1) is 24.6 Å². The number of nitrogens with one attached hydrogen (secondary N) is 1. The van der Waals surface area contributed by atoms with E-state index in [1.807, 2.05) is 50.7 Å². The molecule has 1 aromatic heterocycles. The van der Waals surface area contributed by atoms with Crippen molar-refractivity contribution in [1.82, 2.24) is 9.78 Å². The minimum absolute atomic E-state index is 0.346. The van der Waals surface area contributed by atoms with Crippen LogP contribution in [-0.2, 0) is 13.5 Å². The van der Waals surface area contributed by atoms with Crippen LogP contribution in [0.4, 0.5) is 5.69 Å². The minimum Gasteiger partial charge on any atom is -0.494 e. The number of nitrogens with two attached hydrogens (primary N) is 1. The summed E-state index contributed by atoms with van der Waals surface area (Å²) in [4.78, 5) is 4.43. The molecule has 0 saturated heterocycles. The number of ether oxygens (including phenoxy) is 2. The third kappa shape index (κ3) is 4.91. The van der Waals surface area contributed by atoms with E-state index in [9.17, 15) is 0 Å². The number of aliphatic imine (C=N–C) groups is 1. The minimum atomic E-state index is 0.346. The highest BCUT2D eigenvalue weighted by Crippen LogP contribution is 2.29. The second kappa shape index (κ2) is 9.12. The van der Waals surface area contributed by atoms with Gasteiger partial charge >= 0.3 is 0 Å². The summed E-state index contributed by atoms with van der Waals surface area (Å²) in [6.07, 6.45) is 0.797. The normalized spacial score (nSPS) is 11.5. The first-order chi connectivity index (χ1) is 12.5. The van der Waals surface area contributed by atoms with Crippen molar-refractivity contribution in [2.45, 2.75) is 34.1 Å². The van der Waals surface area contributed by atoms with Crippen LogP contribution < -0.4 is 20.5 Å². The Kier molecular flexibility index (Phi) is 6.89. The quantitative estimate of drug-likeness (QED) is 0.559. The summed E-state index contributed by atoms with van der Waals surface area (Å²) >= 11 is 0. The van der Waals surface area contributed by atoms with Crippen LogP contribution in [0.15, 0.2) is 23.2 Å². The molecule has 0 radical (unpaired) electrons. The molecule has 0 bridgehead atoms. The van der Waals surface area contributed by atoms with Crippen molar-refractivity contribution in [1.29, 1.82) is 0 Å². The van der Waals surface area contributed by atoms with Crippen molar-refractivity contribution in [2.75, 3.05) is 25.1 Å². The number of benzene rings is 1. The van der Waals surface area contributed by atoms with Gasteiger partial charge in [-0.05, 0) is 51.8 Å². The Morgan fingerprint density at radius 3 is 2.58 bits per heavy atom. The van der Waals surface area contributed by atoms with Crippen molar-refractivity contribution >= 4 is 11.6 Å². The van der Waals surface area contributed by atoms with E-state index in [0.29, 0.717) is 31.5 Å². The molecule has 142 valence electrons. The van der Waals surface area contributed by atoms with Crippen molar-refractivity contribution in [3.63, 3.8) is 0 Å². The SMILES string of the molecule is CCOc1ccc(OCC)c(NC(N)=NCCc2c(C)nn(C)c2C)c1. The average molecular weight is 359 g/mol. The van der Waals surface area contributed by atoms with Crippen LogP contribution in [0.1, 0.15) is 30.8 Å². The predicted octanol–water partition coefficient (Wildman–Crippen LogP) is 2.80. The van der Waals surface area contributed by atoms with E-state index in [1.165, 1.54) is 5.56 Å². The second-order valence-electron chi connectivity index (χ2n) is 5.94. The maximum atomic E-state index is 6.06. The van der Waals surface area contributed by atoms with Gasteiger partial charge in [-0.25, -0.2) is 0 Å². The Balaban J connectivity index is 2.06. The van der Waals surface area contributed by atoms with E-state index >= 15 is 0 Å². The lowest BCUT2D eigenvalue weighted by Gasteiger charge is -2.14. The van der Waals surface area contributed by atoms with E-state index < -0.39 is 0 Å². The highest BCUT2D eigenvalue weighted by atomic mass is 16.5. The van der Waals surface area contributed by atoms with Crippen molar-refractivity contribution < 1.29 is 9.47 Å². The summed E-state index contributed by atoms with van der Waals surface area (Å²) in [5, 5.41) is 7.54. The van der Waals surface area contributed by atoms with Crippen molar-refractivity contribution in [3.8, 4) is 11.5 Å². The largest absolute Gasteiger partial charge is 0.494 e. The molecule has 1 aromatic carbocycles. The van der Waals surface area contributed by atoms with Crippen LogP contribution >= 0.6 is 0 Å². The van der Waals surface area contributed by atoms with Gasteiger partial charge in [-0.3, -0.25) is 9.67 Å². The molecule has 0 amide bonds. The highest BCUT2D eigenvalue weighted by Gasteiger charge is 2.09. The molecule has 0 saturated carbocycles. The molecule has 3 N–H and O–H groups in total. The topological polar surface area (TPSA) is 86.7 Å². The van der Waals surface area contributed by atoms with Crippen LogP contribution in [0.25, 0.3) is 0 Å². The molecular weight excluding hydrogens is 330 g/mol. The monoisotopic (exact) mass is 359 g/mol. The van der Waals surface area contributed by atoms with Crippen LogP contribution in [0, 0.1) is 13.8 Å². The first-order valence-electron chi connectivity index (χ1n) is 8.91. The second-order valence-corrected chi connectivity index (χ2v) is 5.94. The van der Waals surface area contributed by atoms with Crippen LogP contribution in [-0.4, -0.2) is 35.5 Å². The number of nitrogens with zero attached hydrogens (tertiary/aromatic N) is 3. The van der Waals surface area contributed by atoms with Crippen LogP contribution in [0.3, 0.4) is 0 Å². The molecular formula is C19H29N5O2. The van der Waals surface area contributed by atoms with Gasteiger partial charge in [0.25, 0.3) is 0 Å². The van der Waals surface area contributed by atoms with Crippen LogP contribution in [0.5, 0.6) is 11.5 Å². The molecule has 1 heterocycles. The van der Waals surface area contributed by atoms with Crippen molar-refractivity contribution in [3.05, 3.63) is 35.2 Å². The van der Waals surface area contributed by atoms with Gasteiger partial charge in [-0.15, -0.1) is 0 Å². The number of aryl methyl sites for hydroxylation is 2. The van der Waals surface area contributed by atoms with Crippen LogP contribution in [0.2, 0.25) is 0 Å². The third-order valence-corrected chi connectivity index (χ3v) is 4.13. The Morgan fingerprint density at radius 1 is 1.23 bits per heavy atom. The zero-order valence-electron chi connectivity index (χ0n) is 16.3. The fraction of sp³-hybridized carbons (Fsp3) is 0.474. The Hall–Kier alpha value is -2.70. The van der Waals surface area contributed by atoms with Crippen molar-refractivity contribution in [2.24, 2.45) is 17.8 Å². The molecule has 0 aliphatic rings. The number of guanidine groups is 1. The van der Waals surface area contributed by atoms with Gasteiger partial charge in [0.1, 0.15) is 11.5 Å². The average Bonchev–Trinajstić information content (AvgIpc) is 2.83. The molecule has 2 aromatic rings. The van der Waals surface area contributed by atoms with E-state index in [1.54, 1.807) is 0 Å². The number of rotatable bonds is 8. The molecule has 26 heavy (non-hydrogen) atoms. The number of anilines is 1. The number of hydrogen-bond donors (Lipinski definition) is 2. The lowest BCUT2D eigenvalue weighted by Crippen LogP contribution is -2.23. The van der Waals surface area contributed by atoms with Gasteiger partial charge < -0.3 is 20.5 Å². The van der Waals surface area contributed by atoms with Gasteiger partial charge in [0, 0.05) is 25.4 Å². The molecule has 0 atom stereocenters. The van der Waals surface area contributed by atoms with E-state index in [2.05, 4.69) is 22.3 Å². The lowest BCUT2D eigenvalue weighted by atomic mass is 10.1. The first-order valence-corrected chi connectivity index (χ1v) is 8.91. The Morgan fingerprint density at radius 2 is 1.96 bits per heavy atom. The third-order valence-electron chi connectivity index (χ3n) is 4.13. The summed E-state index contributed by atoms with van der Waals surface area (Å²) in [6.45, 7) is 9.72. The molecule has 2 rings (SSSR count). The number of hydrogen-bond acceptors (Lipinski definition) is 4. The molecule has 0 unspecified atom stereocenters. The van der Waals surface area contributed by atoms with Gasteiger partial charge in [0.15, 0.2) is 5.96 Å².